The molecule has 0 aromatic heterocycles. The van der Waals surface area contributed by atoms with E-state index in [9.17, 15) is 4.79 Å². The summed E-state index contributed by atoms with van der Waals surface area (Å²) in [6, 6.07) is 5.48. The lowest BCUT2D eigenvalue weighted by Gasteiger charge is -2.06. The Balaban J connectivity index is 3.23. The fourth-order valence-electron chi connectivity index (χ4n) is 1.15. The molecule has 0 aliphatic carbocycles. The lowest BCUT2D eigenvalue weighted by atomic mass is 9.99. The van der Waals surface area contributed by atoms with E-state index in [1.54, 1.807) is 6.07 Å². The molecule has 1 aromatic rings. The molecule has 3 nitrogen and oxygen atoms in total. The van der Waals surface area contributed by atoms with Crippen LogP contribution in [-0.4, -0.2) is 11.6 Å². The molecule has 3 heteroatoms. The average molecular weight is 176 g/mol. The van der Waals surface area contributed by atoms with E-state index in [0.717, 1.165) is 11.1 Å². The molecule has 1 rings (SSSR count). The molecule has 1 aromatic carbocycles. The number of nitrogens with one attached hydrogen (secondary N) is 1. The number of carbonyl (C=O) groups excluding carboxylic acids is 1. The highest BCUT2D eigenvalue weighted by Crippen LogP contribution is 2.12. The quantitative estimate of drug-likeness (QED) is 0.652. The lowest BCUT2D eigenvalue weighted by molar-refractivity contribution is -0.112. The minimum absolute atomic E-state index is 0.124. The predicted molar refractivity (Wildman–Crippen MR) is 51.9 cm³/mol. The second-order valence-electron chi connectivity index (χ2n) is 2.99. The average Bonchev–Trinajstić information content (AvgIpc) is 2.08. The molecule has 3 N–H and O–H groups in total. The summed E-state index contributed by atoms with van der Waals surface area (Å²) in [5.74, 6) is -0.686. The molecule has 68 valence electrons. The molecular weight excluding hydrogens is 164 g/mol. The van der Waals surface area contributed by atoms with Crippen LogP contribution >= 0.6 is 0 Å². The van der Waals surface area contributed by atoms with Crippen LogP contribution in [0.15, 0.2) is 18.2 Å². The van der Waals surface area contributed by atoms with Gasteiger partial charge in [-0.3, -0.25) is 10.2 Å². The minimum atomic E-state index is -0.686. The molecular formula is C10H12N2O. The molecule has 0 spiro atoms. The van der Waals surface area contributed by atoms with Crippen LogP contribution in [0.1, 0.15) is 16.7 Å². The molecule has 0 bridgehead atoms. The van der Waals surface area contributed by atoms with Crippen LogP contribution < -0.4 is 5.73 Å². The number of carbonyl (C=O) groups is 1. The lowest BCUT2D eigenvalue weighted by Crippen LogP contribution is -2.24. The van der Waals surface area contributed by atoms with Gasteiger partial charge < -0.3 is 5.73 Å². The van der Waals surface area contributed by atoms with E-state index in [-0.39, 0.29) is 5.71 Å². The summed E-state index contributed by atoms with van der Waals surface area (Å²) in [4.78, 5) is 10.8. The maximum Gasteiger partial charge on any atom is 0.267 e. The fraction of sp³-hybridized carbons (Fsp3) is 0.200. The summed E-state index contributed by atoms with van der Waals surface area (Å²) in [6.45, 7) is 3.81. The zero-order valence-corrected chi connectivity index (χ0v) is 7.72. The summed E-state index contributed by atoms with van der Waals surface area (Å²) in [6.07, 6.45) is 0. The first-order valence-corrected chi connectivity index (χ1v) is 3.99. The maximum absolute atomic E-state index is 10.8. The van der Waals surface area contributed by atoms with Gasteiger partial charge in [0.15, 0.2) is 0 Å². The SMILES string of the molecule is Cc1cccc(C(=N)C(N)=O)c1C. The highest BCUT2D eigenvalue weighted by molar-refractivity contribution is 6.43. The molecule has 13 heavy (non-hydrogen) atoms. The Kier molecular flexibility index (Phi) is 2.46. The van der Waals surface area contributed by atoms with Crippen molar-refractivity contribution >= 4 is 11.6 Å². The maximum atomic E-state index is 10.8. The Morgan fingerprint density at radius 3 is 2.54 bits per heavy atom. The highest BCUT2D eigenvalue weighted by atomic mass is 16.1. The summed E-state index contributed by atoms with van der Waals surface area (Å²) in [5, 5.41) is 7.45. The Labute approximate surface area is 77.1 Å². The van der Waals surface area contributed by atoms with Gasteiger partial charge >= 0.3 is 0 Å². The van der Waals surface area contributed by atoms with Crippen LogP contribution in [0.3, 0.4) is 0 Å². The number of nitrogens with two attached hydrogens (primary N) is 1. The summed E-state index contributed by atoms with van der Waals surface area (Å²) in [5.41, 5.74) is 7.51. The van der Waals surface area contributed by atoms with Gasteiger partial charge in [-0.05, 0) is 25.0 Å². The van der Waals surface area contributed by atoms with Crippen molar-refractivity contribution in [2.45, 2.75) is 13.8 Å². The van der Waals surface area contributed by atoms with E-state index in [4.69, 9.17) is 11.1 Å². The zero-order chi connectivity index (χ0) is 10.0. The summed E-state index contributed by atoms with van der Waals surface area (Å²) in [7, 11) is 0. The molecule has 0 atom stereocenters. The van der Waals surface area contributed by atoms with Gasteiger partial charge in [0, 0.05) is 5.56 Å². The van der Waals surface area contributed by atoms with Crippen LogP contribution in [-0.2, 0) is 4.79 Å². The smallest absolute Gasteiger partial charge is 0.267 e. The number of primary amides is 1. The second kappa shape index (κ2) is 3.39. The number of benzene rings is 1. The highest BCUT2D eigenvalue weighted by Gasteiger charge is 2.10. The monoisotopic (exact) mass is 176 g/mol. The molecule has 1 amide bonds. The Morgan fingerprint density at radius 2 is 2.00 bits per heavy atom. The molecule has 0 unspecified atom stereocenters. The van der Waals surface area contributed by atoms with Crippen molar-refractivity contribution in [3.63, 3.8) is 0 Å². The third kappa shape index (κ3) is 1.75. The van der Waals surface area contributed by atoms with E-state index in [1.165, 1.54) is 0 Å². The van der Waals surface area contributed by atoms with Gasteiger partial charge in [-0.2, -0.15) is 0 Å². The molecule has 0 aliphatic rings. The zero-order valence-electron chi connectivity index (χ0n) is 7.72. The second-order valence-corrected chi connectivity index (χ2v) is 2.99. The first kappa shape index (κ1) is 9.45. The molecule has 0 heterocycles. The standard InChI is InChI=1S/C10H12N2O/c1-6-4-3-5-8(7(6)2)9(11)10(12)13/h3-5,11H,1-2H3,(H2,12,13). The number of aryl methyl sites for hydroxylation is 1. The number of hydrogen-bond acceptors (Lipinski definition) is 2. The Bertz CT molecular complexity index is 369. The first-order valence-electron chi connectivity index (χ1n) is 3.99. The van der Waals surface area contributed by atoms with Gasteiger partial charge in [0.25, 0.3) is 5.91 Å². The van der Waals surface area contributed by atoms with Crippen molar-refractivity contribution < 1.29 is 4.79 Å². The van der Waals surface area contributed by atoms with Gasteiger partial charge in [-0.15, -0.1) is 0 Å². The summed E-state index contributed by atoms with van der Waals surface area (Å²) >= 11 is 0. The van der Waals surface area contributed by atoms with Crippen molar-refractivity contribution in [2.75, 3.05) is 0 Å². The van der Waals surface area contributed by atoms with Crippen LogP contribution in [0, 0.1) is 19.3 Å². The van der Waals surface area contributed by atoms with Crippen LogP contribution in [0.2, 0.25) is 0 Å². The third-order valence-electron chi connectivity index (χ3n) is 2.12. The number of rotatable bonds is 2. The molecule has 0 saturated heterocycles. The van der Waals surface area contributed by atoms with E-state index >= 15 is 0 Å². The van der Waals surface area contributed by atoms with Gasteiger partial charge in [-0.25, -0.2) is 0 Å². The molecule has 0 saturated carbocycles. The van der Waals surface area contributed by atoms with Gasteiger partial charge in [0.1, 0.15) is 5.71 Å². The van der Waals surface area contributed by atoms with Crippen molar-refractivity contribution in [3.8, 4) is 0 Å². The Hall–Kier alpha value is -1.64. The predicted octanol–water partition coefficient (Wildman–Crippen LogP) is 1.16. The third-order valence-corrected chi connectivity index (χ3v) is 2.12. The fourth-order valence-corrected chi connectivity index (χ4v) is 1.15. The molecule has 0 aliphatic heterocycles. The topological polar surface area (TPSA) is 66.9 Å². The molecule has 0 fully saturated rings. The van der Waals surface area contributed by atoms with Crippen LogP contribution in [0.4, 0.5) is 0 Å². The van der Waals surface area contributed by atoms with E-state index < -0.39 is 5.91 Å². The van der Waals surface area contributed by atoms with Crippen LogP contribution in [0.25, 0.3) is 0 Å². The van der Waals surface area contributed by atoms with E-state index in [0.29, 0.717) is 5.56 Å². The van der Waals surface area contributed by atoms with Gasteiger partial charge in [-0.1, -0.05) is 18.2 Å². The van der Waals surface area contributed by atoms with Crippen molar-refractivity contribution in [1.82, 2.24) is 0 Å². The van der Waals surface area contributed by atoms with Crippen LogP contribution in [0.5, 0.6) is 0 Å². The van der Waals surface area contributed by atoms with Gasteiger partial charge in [0.05, 0.1) is 0 Å². The Morgan fingerprint density at radius 1 is 1.38 bits per heavy atom. The normalized spacial score (nSPS) is 9.69. The number of amides is 1. The largest absolute Gasteiger partial charge is 0.364 e. The van der Waals surface area contributed by atoms with Crippen molar-refractivity contribution in [1.29, 1.82) is 5.41 Å². The minimum Gasteiger partial charge on any atom is -0.364 e. The van der Waals surface area contributed by atoms with E-state index in [2.05, 4.69) is 0 Å². The summed E-state index contributed by atoms with van der Waals surface area (Å²) < 4.78 is 0. The van der Waals surface area contributed by atoms with Crippen molar-refractivity contribution in [3.05, 3.63) is 34.9 Å². The number of hydrogen-bond donors (Lipinski definition) is 2. The van der Waals surface area contributed by atoms with Gasteiger partial charge in [0.2, 0.25) is 0 Å². The van der Waals surface area contributed by atoms with E-state index in [1.807, 2.05) is 26.0 Å². The molecule has 0 radical (unpaired) electrons. The first-order chi connectivity index (χ1) is 6.04. The van der Waals surface area contributed by atoms with Crippen molar-refractivity contribution in [2.24, 2.45) is 5.73 Å².